The molecule has 1 amide bonds. The molecule has 6 heteroatoms. The molecule has 15 heavy (non-hydrogen) atoms. The maximum Gasteiger partial charge on any atom is 0.237 e. The minimum absolute atomic E-state index is 0.0583. The smallest absolute Gasteiger partial charge is 0.237 e. The Kier molecular flexibility index (Phi) is 3.72. The largest absolute Gasteiger partial charge is 0.342 e. The van der Waals surface area contributed by atoms with Crippen molar-refractivity contribution in [2.75, 3.05) is 19.3 Å². The van der Waals surface area contributed by atoms with Gasteiger partial charge in [0.2, 0.25) is 5.91 Å². The van der Waals surface area contributed by atoms with Crippen molar-refractivity contribution in [2.24, 2.45) is 5.73 Å². The molecule has 1 saturated carbocycles. The zero-order chi connectivity index (χ0) is 11.6. The van der Waals surface area contributed by atoms with E-state index in [2.05, 4.69) is 0 Å². The second kappa shape index (κ2) is 4.49. The summed E-state index contributed by atoms with van der Waals surface area (Å²) in [6.07, 6.45) is 1.96. The lowest BCUT2D eigenvalue weighted by Gasteiger charge is -2.17. The van der Waals surface area contributed by atoms with Crippen LogP contribution in [0.3, 0.4) is 0 Å². The van der Waals surface area contributed by atoms with E-state index in [4.69, 9.17) is 5.73 Å². The van der Waals surface area contributed by atoms with Crippen LogP contribution in [0.25, 0.3) is 0 Å². The SMILES string of the molecule is CC(CN)S(=O)(=O)CC(=O)N(C)C1CC1. The molecule has 88 valence electrons. The number of hydrogen-bond acceptors (Lipinski definition) is 4. The molecular weight excluding hydrogens is 216 g/mol. The van der Waals surface area contributed by atoms with E-state index in [-0.39, 0.29) is 18.5 Å². The van der Waals surface area contributed by atoms with Gasteiger partial charge < -0.3 is 10.6 Å². The van der Waals surface area contributed by atoms with Crippen molar-refractivity contribution >= 4 is 15.7 Å². The Morgan fingerprint density at radius 2 is 2.07 bits per heavy atom. The van der Waals surface area contributed by atoms with Gasteiger partial charge in [-0.1, -0.05) is 0 Å². The van der Waals surface area contributed by atoms with Crippen molar-refractivity contribution in [3.63, 3.8) is 0 Å². The van der Waals surface area contributed by atoms with Crippen LogP contribution in [0.1, 0.15) is 19.8 Å². The molecule has 1 rings (SSSR count). The minimum atomic E-state index is -3.38. The summed E-state index contributed by atoms with van der Waals surface area (Å²) in [5.41, 5.74) is 5.28. The Balaban J connectivity index is 2.56. The van der Waals surface area contributed by atoms with Gasteiger partial charge in [-0.3, -0.25) is 4.79 Å². The van der Waals surface area contributed by atoms with Crippen molar-refractivity contribution in [1.29, 1.82) is 0 Å². The minimum Gasteiger partial charge on any atom is -0.342 e. The van der Waals surface area contributed by atoms with Crippen LogP contribution in [0.5, 0.6) is 0 Å². The maximum atomic E-state index is 11.6. The van der Waals surface area contributed by atoms with Gasteiger partial charge in [-0.15, -0.1) is 0 Å². The summed E-state index contributed by atoms with van der Waals surface area (Å²) in [6, 6.07) is 0.251. The Bertz CT molecular complexity index is 335. The van der Waals surface area contributed by atoms with E-state index in [9.17, 15) is 13.2 Å². The second-order valence-corrected chi connectivity index (χ2v) is 6.51. The van der Waals surface area contributed by atoms with Crippen LogP contribution in [0.4, 0.5) is 0 Å². The summed E-state index contributed by atoms with van der Waals surface area (Å²) in [5, 5.41) is -0.644. The Morgan fingerprint density at radius 3 is 2.47 bits per heavy atom. The maximum absolute atomic E-state index is 11.6. The number of amides is 1. The molecule has 1 atom stereocenters. The predicted molar refractivity (Wildman–Crippen MR) is 58.1 cm³/mol. The van der Waals surface area contributed by atoms with E-state index in [1.54, 1.807) is 7.05 Å². The van der Waals surface area contributed by atoms with Gasteiger partial charge in [0.25, 0.3) is 0 Å². The van der Waals surface area contributed by atoms with Crippen molar-refractivity contribution in [3.8, 4) is 0 Å². The topological polar surface area (TPSA) is 80.5 Å². The lowest BCUT2D eigenvalue weighted by atomic mass is 10.5. The second-order valence-electron chi connectivity index (χ2n) is 4.09. The highest BCUT2D eigenvalue weighted by Gasteiger charge is 2.32. The highest BCUT2D eigenvalue weighted by Crippen LogP contribution is 2.25. The molecule has 0 saturated heterocycles. The number of nitrogens with zero attached hydrogens (tertiary/aromatic N) is 1. The molecule has 0 heterocycles. The lowest BCUT2D eigenvalue weighted by Crippen LogP contribution is -2.38. The van der Waals surface area contributed by atoms with Crippen LogP contribution in [0, 0.1) is 0 Å². The van der Waals surface area contributed by atoms with Crippen molar-refractivity contribution < 1.29 is 13.2 Å². The van der Waals surface area contributed by atoms with Gasteiger partial charge in [0, 0.05) is 19.6 Å². The lowest BCUT2D eigenvalue weighted by molar-refractivity contribution is -0.127. The molecule has 1 fully saturated rings. The number of rotatable bonds is 5. The molecule has 0 bridgehead atoms. The number of nitrogens with two attached hydrogens (primary N) is 1. The van der Waals surface area contributed by atoms with Gasteiger partial charge >= 0.3 is 0 Å². The molecule has 0 aromatic heterocycles. The first kappa shape index (κ1) is 12.4. The molecular formula is C9H18N2O3S. The van der Waals surface area contributed by atoms with E-state index in [0.717, 1.165) is 12.8 Å². The Morgan fingerprint density at radius 1 is 1.53 bits per heavy atom. The Hall–Kier alpha value is -0.620. The first-order chi connectivity index (χ1) is 6.88. The normalized spacial score (nSPS) is 18.6. The van der Waals surface area contributed by atoms with Gasteiger partial charge in [-0.25, -0.2) is 8.42 Å². The summed E-state index contributed by atoms with van der Waals surface area (Å²) >= 11 is 0. The number of hydrogen-bond donors (Lipinski definition) is 1. The van der Waals surface area contributed by atoms with Crippen LogP contribution in [0.2, 0.25) is 0 Å². The highest BCUT2D eigenvalue weighted by atomic mass is 32.2. The average molecular weight is 234 g/mol. The van der Waals surface area contributed by atoms with E-state index in [1.807, 2.05) is 0 Å². The fourth-order valence-electron chi connectivity index (χ4n) is 1.23. The fourth-order valence-corrected chi connectivity index (χ4v) is 2.35. The summed E-state index contributed by atoms with van der Waals surface area (Å²) in [6.45, 7) is 1.59. The molecule has 0 aliphatic heterocycles. The predicted octanol–water partition coefficient (Wildman–Crippen LogP) is -0.631. The third-order valence-electron chi connectivity index (χ3n) is 2.76. The zero-order valence-electron chi connectivity index (χ0n) is 9.14. The summed E-state index contributed by atoms with van der Waals surface area (Å²) in [7, 11) is -1.72. The van der Waals surface area contributed by atoms with Crippen LogP contribution < -0.4 is 5.73 Å². The molecule has 0 aromatic carbocycles. The first-order valence-corrected chi connectivity index (χ1v) is 6.77. The van der Waals surface area contributed by atoms with E-state index in [1.165, 1.54) is 11.8 Å². The Labute approximate surface area is 90.5 Å². The molecule has 0 aromatic rings. The van der Waals surface area contributed by atoms with Crippen LogP contribution in [-0.2, 0) is 14.6 Å². The van der Waals surface area contributed by atoms with Gasteiger partial charge in [-0.2, -0.15) is 0 Å². The monoisotopic (exact) mass is 234 g/mol. The molecule has 0 spiro atoms. The van der Waals surface area contributed by atoms with Gasteiger partial charge in [0.1, 0.15) is 5.75 Å². The van der Waals surface area contributed by atoms with Crippen LogP contribution >= 0.6 is 0 Å². The third kappa shape index (κ3) is 3.17. The van der Waals surface area contributed by atoms with Crippen molar-refractivity contribution in [2.45, 2.75) is 31.1 Å². The molecule has 1 unspecified atom stereocenters. The molecule has 1 aliphatic carbocycles. The third-order valence-corrected chi connectivity index (χ3v) is 4.83. The first-order valence-electron chi connectivity index (χ1n) is 5.05. The van der Waals surface area contributed by atoms with Crippen LogP contribution in [0.15, 0.2) is 0 Å². The average Bonchev–Trinajstić information content (AvgIpc) is 2.97. The molecule has 0 radical (unpaired) electrons. The van der Waals surface area contributed by atoms with Gasteiger partial charge in [0.15, 0.2) is 9.84 Å². The van der Waals surface area contributed by atoms with Gasteiger partial charge in [0.05, 0.1) is 5.25 Å². The highest BCUT2D eigenvalue weighted by molar-refractivity contribution is 7.92. The van der Waals surface area contributed by atoms with Crippen molar-refractivity contribution in [1.82, 2.24) is 4.90 Å². The quantitative estimate of drug-likeness (QED) is 0.686. The molecule has 2 N–H and O–H groups in total. The standard InChI is InChI=1S/C9H18N2O3S/c1-7(5-10)15(13,14)6-9(12)11(2)8-3-4-8/h7-8H,3-6,10H2,1-2H3. The molecule has 5 nitrogen and oxygen atoms in total. The fraction of sp³-hybridized carbons (Fsp3) is 0.889. The number of sulfone groups is 1. The van der Waals surface area contributed by atoms with Crippen molar-refractivity contribution in [3.05, 3.63) is 0 Å². The summed E-state index contributed by atoms with van der Waals surface area (Å²) in [5.74, 6) is -0.740. The van der Waals surface area contributed by atoms with Crippen LogP contribution in [-0.4, -0.2) is 49.9 Å². The van der Waals surface area contributed by atoms with E-state index in [0.29, 0.717) is 0 Å². The molecule has 1 aliphatic rings. The summed E-state index contributed by atoms with van der Waals surface area (Å²) in [4.78, 5) is 13.1. The summed E-state index contributed by atoms with van der Waals surface area (Å²) < 4.78 is 23.2. The number of carbonyl (C=O) groups is 1. The van der Waals surface area contributed by atoms with Gasteiger partial charge in [-0.05, 0) is 19.8 Å². The van der Waals surface area contributed by atoms with E-state index >= 15 is 0 Å². The van der Waals surface area contributed by atoms with E-state index < -0.39 is 20.8 Å². The zero-order valence-corrected chi connectivity index (χ0v) is 9.96. The number of carbonyl (C=O) groups excluding carboxylic acids is 1.